The minimum Gasteiger partial charge on any atom is -0.0587 e. The molecule has 0 aromatic heterocycles. The van der Waals surface area contributed by atoms with Crippen LogP contribution in [0.5, 0.6) is 0 Å². The van der Waals surface area contributed by atoms with Gasteiger partial charge < -0.3 is 0 Å². The Morgan fingerprint density at radius 3 is 0.348 bits per heavy atom. The smallest absolute Gasteiger partial charge is 0.0105 e. The van der Waals surface area contributed by atoms with Crippen LogP contribution in [0, 0.1) is 318 Å². The fourth-order valence-electron chi connectivity index (χ4n) is 25.8. The summed E-state index contributed by atoms with van der Waals surface area (Å²) >= 11 is 0. The van der Waals surface area contributed by atoms with Crippen LogP contribution >= 0.6 is 0 Å². The van der Waals surface area contributed by atoms with Crippen molar-refractivity contribution in [1.82, 2.24) is 0 Å². The quantitative estimate of drug-likeness (QED) is 0.146. The maximum Gasteiger partial charge on any atom is -0.0105 e. The van der Waals surface area contributed by atoms with Crippen LogP contribution in [0.1, 0.15) is 408 Å². The second-order valence-corrected chi connectivity index (χ2v) is 44.2. The molecule has 0 heteroatoms. The van der Waals surface area contributed by atoms with E-state index >= 15 is 0 Å². The highest BCUT2D eigenvalue weighted by Crippen LogP contribution is 2.51. The van der Waals surface area contributed by atoms with Crippen LogP contribution in [0.25, 0.3) is 86.2 Å². The molecule has 0 nitrogen and oxygen atoms in total. The lowest BCUT2D eigenvalue weighted by Gasteiger charge is -2.27. The first-order valence-electron chi connectivity index (χ1n) is 50.7. The number of hydrogen-bond donors (Lipinski definition) is 0. The van der Waals surface area contributed by atoms with Gasteiger partial charge in [-0.3, -0.25) is 0 Å². The van der Waals surface area contributed by atoms with Gasteiger partial charge in [-0.05, 0) is 729 Å². The fraction of sp³-hybridized carbons (Fsp3) is 0.485. The number of aryl methyl sites for hydroxylation is 23. The minimum atomic E-state index is 0.501. The van der Waals surface area contributed by atoms with Crippen molar-refractivity contribution in [2.45, 2.75) is 437 Å². The summed E-state index contributed by atoms with van der Waals surface area (Å²) in [6.45, 7) is 133. The van der Waals surface area contributed by atoms with Crippen molar-refractivity contribution in [3.63, 3.8) is 0 Å². The Labute approximate surface area is 807 Å². The lowest BCUT2D eigenvalue weighted by atomic mass is 9.77. The zero-order valence-electron chi connectivity index (χ0n) is 95.5. The van der Waals surface area contributed by atoms with Gasteiger partial charge in [-0.1, -0.05) is 83.1 Å². The van der Waals surface area contributed by atoms with E-state index in [0.29, 0.717) is 35.5 Å². The van der Waals surface area contributed by atoms with Gasteiger partial charge in [0, 0.05) is 0 Å². The highest BCUT2D eigenvalue weighted by molar-refractivity contribution is 6.15. The maximum atomic E-state index is 2.36. The van der Waals surface area contributed by atoms with Gasteiger partial charge in [0.15, 0.2) is 0 Å². The van der Waals surface area contributed by atoms with Crippen LogP contribution in [0.2, 0.25) is 0 Å². The average Bonchev–Trinajstić information content (AvgIpc) is 0.716. The Hall–Kier alpha value is -8.84. The van der Waals surface area contributed by atoms with E-state index in [0.717, 1.165) is 0 Å². The summed E-state index contributed by atoms with van der Waals surface area (Å²) in [5, 5.41) is 23.9. The summed E-state index contributed by atoms with van der Waals surface area (Å²) in [5.74, 6) is 3.36. The molecular formula is C132H180. The zero-order chi connectivity index (χ0) is 101. The van der Waals surface area contributed by atoms with Crippen LogP contribution in [-0.4, -0.2) is 0 Å². The van der Waals surface area contributed by atoms with Crippen LogP contribution in [0.3, 0.4) is 0 Å². The molecule has 0 saturated carbocycles. The third-order valence-electron chi connectivity index (χ3n) is 36.0. The summed E-state index contributed by atoms with van der Waals surface area (Å²) in [6.07, 6.45) is 0. The minimum absolute atomic E-state index is 0.501. The van der Waals surface area contributed by atoms with Crippen molar-refractivity contribution < 1.29 is 0 Å². The van der Waals surface area contributed by atoms with E-state index in [1.54, 1.807) is 27.8 Å². The molecular weight excluding hydrogens is 1590 g/mol. The summed E-state index contributed by atoms with van der Waals surface area (Å²) in [7, 11) is 0. The van der Waals surface area contributed by atoms with Crippen molar-refractivity contribution >= 4 is 86.2 Å². The molecule has 0 heterocycles. The number of fused-ring (bicyclic) bond motifs is 8. The van der Waals surface area contributed by atoms with Crippen molar-refractivity contribution in [3.8, 4) is 0 Å². The average molecular weight is 1770 g/mol. The molecule has 0 atom stereocenters. The van der Waals surface area contributed by atoms with E-state index < -0.39 is 0 Å². The topological polar surface area (TPSA) is 0 Å². The molecule has 14 aromatic rings. The highest BCUT2D eigenvalue weighted by atomic mass is 14.3. The second kappa shape index (κ2) is 39.5. The van der Waals surface area contributed by atoms with Crippen molar-refractivity contribution in [1.29, 1.82) is 0 Å². The van der Waals surface area contributed by atoms with Crippen LogP contribution < -0.4 is 0 Å². The SMILES string of the molecule is Cc1c(C)c(C)c(C(C)C)c(C)c1C.Cc1c(C)c(C)c2c(C(C)C)c(C)c(C)c(C)c2c1C.Cc1c(C)c(C)c2c(C(C)C)c3c(C)c(C)c(C)c(C)c3c(C)c2c1C.Cc1c(C)c(C)c2c(C)c(C(C)C)c(C)c(C)c2c1C.Cc1c(C)c(C)c2c(C)c3c(C(C)C)c(C)c(C)c(C)c3c(C)c2c1C.Cc1c(C)c(C)c2c(C)c3c(C)c(C(C)C)c(C)c(C)c3c(C)c2c1C. The van der Waals surface area contributed by atoms with Crippen molar-refractivity contribution in [2.24, 2.45) is 0 Å². The molecule has 0 aliphatic rings. The predicted octanol–water partition coefficient (Wildman–Crippen LogP) is 40.3. The Morgan fingerprint density at radius 1 is 0.0682 bits per heavy atom. The molecule has 0 spiro atoms. The first-order valence-corrected chi connectivity index (χ1v) is 50.7. The first kappa shape index (κ1) is 107. The van der Waals surface area contributed by atoms with Gasteiger partial charge in [-0.25, -0.2) is 0 Å². The summed E-state index contributed by atoms with van der Waals surface area (Å²) in [5.41, 5.74) is 76.6. The molecule has 0 aliphatic carbocycles. The van der Waals surface area contributed by atoms with E-state index in [1.165, 1.54) is 348 Å². The normalized spacial score (nSPS) is 11.8. The molecule has 14 rings (SSSR count). The lowest BCUT2D eigenvalue weighted by molar-refractivity contribution is 0.837. The van der Waals surface area contributed by atoms with Gasteiger partial charge in [0.25, 0.3) is 0 Å². The molecule has 0 radical (unpaired) electrons. The molecule has 0 N–H and O–H groups in total. The molecule has 0 saturated heterocycles. The monoisotopic (exact) mass is 1770 g/mol. The molecule has 0 amide bonds. The van der Waals surface area contributed by atoms with Gasteiger partial charge >= 0.3 is 0 Å². The fourth-order valence-corrected chi connectivity index (χ4v) is 25.8. The molecule has 14 aromatic carbocycles. The standard InChI is InChI=1S/3C26H34.2C20H28.C14H22/c1-12(2)22-25-19(9)15(5)13(3)17(7)23(25)21(11)24-18(8)14(4)16(6)20(10)26(22)24;1-12(2)22-16(6)15(5)19(9)25-20(10)23-17(7)13(3)14(4)18(8)24(23)21(11)26(22)25;1-12(2)22-17(7)18(8)25-20(10)23-15(5)13(3)14(4)16(6)24(23)21(11)26(25)19(22)9;1-10(2)18-14(6)13(5)16(8)19-15(7)11(3)12(4)17(9)20(18)19;1-10(2)18-15(7)16(8)19-13(5)11(3)12(4)14(6)20(19)17(18)9;1-8(2)14-12(6)10(4)9(3)11(5)13(14)7/h3*12H,1-11H3;2*10H,1-9H3;8H,1-7H3. The van der Waals surface area contributed by atoms with Gasteiger partial charge in [0.05, 0.1) is 0 Å². The predicted molar refractivity (Wildman–Crippen MR) is 601 cm³/mol. The van der Waals surface area contributed by atoms with Crippen molar-refractivity contribution in [2.75, 3.05) is 0 Å². The van der Waals surface area contributed by atoms with Crippen LogP contribution in [0.15, 0.2) is 0 Å². The number of rotatable bonds is 6. The molecule has 0 unspecified atom stereocenters. The number of hydrogen-bond acceptors (Lipinski definition) is 0. The van der Waals surface area contributed by atoms with E-state index in [2.05, 4.69) is 402 Å². The largest absolute Gasteiger partial charge is 0.0587 e. The van der Waals surface area contributed by atoms with Crippen LogP contribution in [0.4, 0.5) is 0 Å². The third-order valence-corrected chi connectivity index (χ3v) is 36.0. The molecule has 708 valence electrons. The van der Waals surface area contributed by atoms with E-state index in [-0.39, 0.29) is 0 Å². The highest BCUT2D eigenvalue weighted by Gasteiger charge is 2.30. The third kappa shape index (κ3) is 17.2. The zero-order valence-corrected chi connectivity index (χ0v) is 95.5. The van der Waals surface area contributed by atoms with Gasteiger partial charge in [0.2, 0.25) is 0 Å². The Kier molecular flexibility index (Phi) is 31.9. The molecule has 132 heavy (non-hydrogen) atoms. The van der Waals surface area contributed by atoms with E-state index in [4.69, 9.17) is 0 Å². The summed E-state index contributed by atoms with van der Waals surface area (Å²) in [4.78, 5) is 0. The molecule has 0 fully saturated rings. The van der Waals surface area contributed by atoms with Gasteiger partial charge in [-0.15, -0.1) is 0 Å². The van der Waals surface area contributed by atoms with Crippen LogP contribution in [-0.2, 0) is 0 Å². The number of benzene rings is 14. The molecule has 0 aliphatic heterocycles. The Balaban J connectivity index is 0.000000180. The molecule has 0 bridgehead atoms. The Bertz CT molecular complexity index is 6950. The lowest BCUT2D eigenvalue weighted by Crippen LogP contribution is -2.06. The Morgan fingerprint density at radius 2 is 0.152 bits per heavy atom. The van der Waals surface area contributed by atoms with Gasteiger partial charge in [-0.2, -0.15) is 0 Å². The summed E-state index contributed by atoms with van der Waals surface area (Å²) in [6, 6.07) is 0. The summed E-state index contributed by atoms with van der Waals surface area (Å²) < 4.78 is 0. The van der Waals surface area contributed by atoms with E-state index in [1.807, 2.05) is 0 Å². The second-order valence-electron chi connectivity index (χ2n) is 44.2. The van der Waals surface area contributed by atoms with Gasteiger partial charge in [0.1, 0.15) is 0 Å². The first-order chi connectivity index (χ1) is 60.8. The van der Waals surface area contributed by atoms with E-state index in [9.17, 15) is 0 Å². The maximum absolute atomic E-state index is 2.36. The van der Waals surface area contributed by atoms with Crippen molar-refractivity contribution in [3.05, 3.63) is 289 Å².